The summed E-state index contributed by atoms with van der Waals surface area (Å²) in [6.07, 6.45) is 0. The largest absolute Gasteiger partial charge is 0.457 e. The zero-order valence-corrected chi connectivity index (χ0v) is 46.2. The molecule has 0 spiro atoms. The first kappa shape index (κ1) is 48.5. The van der Waals surface area contributed by atoms with E-state index in [0.29, 0.717) is 144 Å². The van der Waals surface area contributed by atoms with Gasteiger partial charge in [-0.25, -0.2) is 9.97 Å². The summed E-state index contributed by atoms with van der Waals surface area (Å²) in [4.78, 5) is 50.1. The van der Waals surface area contributed by atoms with Crippen LogP contribution in [0.25, 0.3) is 98.0 Å². The molecule has 0 saturated heterocycles. The van der Waals surface area contributed by atoms with Gasteiger partial charge in [0.1, 0.15) is 57.3 Å². The Kier molecular flexibility index (Phi) is 10.6. The number of hydrogen-bond donors (Lipinski definition) is 0. The molecule has 400 valence electrons. The molecule has 0 radical (unpaired) electrons. The highest BCUT2D eigenvalue weighted by Gasteiger charge is 2.33. The molecular weight excluding hydrogens is 1020 g/mol. The fourth-order valence-electron chi connectivity index (χ4n) is 12.0. The number of para-hydroxylation sites is 4. The molecule has 14 heteroatoms. The van der Waals surface area contributed by atoms with Crippen molar-refractivity contribution in [3.05, 3.63) is 191 Å². The van der Waals surface area contributed by atoms with Gasteiger partial charge in [0.2, 0.25) is 0 Å². The molecule has 0 aliphatic rings. The van der Waals surface area contributed by atoms with Crippen molar-refractivity contribution in [2.75, 3.05) is 76.0 Å². The van der Waals surface area contributed by atoms with Crippen LogP contribution in [0.3, 0.4) is 0 Å². The van der Waals surface area contributed by atoms with Gasteiger partial charge in [0.05, 0.1) is 32.8 Å². The summed E-state index contributed by atoms with van der Waals surface area (Å²) in [5.41, 5.74) is 6.98. The van der Waals surface area contributed by atoms with Crippen LogP contribution in [-0.4, -0.2) is 75.2 Å². The molecule has 0 amide bonds. The lowest BCUT2D eigenvalue weighted by molar-refractivity contribution is 0.483. The van der Waals surface area contributed by atoms with E-state index in [0.717, 1.165) is 22.7 Å². The Hall–Kier alpha value is -10.6. The van der Waals surface area contributed by atoms with E-state index in [4.69, 9.17) is 28.9 Å². The van der Waals surface area contributed by atoms with Crippen LogP contribution in [0.4, 0.5) is 22.7 Å². The second-order valence-electron chi connectivity index (χ2n) is 21.8. The summed E-state index contributed by atoms with van der Waals surface area (Å²) >= 11 is 0. The van der Waals surface area contributed by atoms with Gasteiger partial charge in [0, 0.05) is 133 Å². The molecule has 15 aromatic rings. The Morgan fingerprint density at radius 2 is 0.585 bits per heavy atom. The molecule has 14 nitrogen and oxygen atoms in total. The van der Waals surface area contributed by atoms with Crippen molar-refractivity contribution >= 4 is 121 Å². The van der Waals surface area contributed by atoms with E-state index < -0.39 is 0 Å². The van der Waals surface area contributed by atoms with E-state index in [-0.39, 0.29) is 11.1 Å². The molecule has 0 aliphatic carbocycles. The van der Waals surface area contributed by atoms with Gasteiger partial charge in [-0.15, -0.1) is 0 Å². The van der Waals surface area contributed by atoms with Crippen molar-refractivity contribution in [1.82, 2.24) is 18.8 Å². The van der Waals surface area contributed by atoms with Gasteiger partial charge in [0.25, 0.3) is 11.1 Å². The monoisotopic (exact) mass is 1080 g/mol. The molecule has 11 aromatic carbocycles. The normalized spacial score (nSPS) is 12.0. The first-order valence-electron chi connectivity index (χ1n) is 27.0. The lowest BCUT2D eigenvalue weighted by atomic mass is 9.84. The smallest absolute Gasteiger partial charge is 0.264 e. The van der Waals surface area contributed by atoms with Gasteiger partial charge in [-0.05, 0) is 146 Å². The quantitative estimate of drug-likeness (QED) is 0.0856. The van der Waals surface area contributed by atoms with E-state index >= 15 is 9.59 Å². The van der Waals surface area contributed by atoms with Gasteiger partial charge in [-0.1, -0.05) is 24.3 Å². The Bertz CT molecular complexity index is 4850. The zero-order chi connectivity index (χ0) is 56.0. The number of benzene rings is 11. The summed E-state index contributed by atoms with van der Waals surface area (Å²) < 4.78 is 32.7. The van der Waals surface area contributed by atoms with Crippen molar-refractivity contribution in [2.45, 2.75) is 0 Å². The predicted octanol–water partition coefficient (Wildman–Crippen LogP) is 14.7. The highest BCUT2D eigenvalue weighted by atomic mass is 16.5. The van der Waals surface area contributed by atoms with Gasteiger partial charge in [-0.3, -0.25) is 18.4 Å². The summed E-state index contributed by atoms with van der Waals surface area (Å²) in [5, 5.41) is 7.17. The molecule has 4 heterocycles. The average molecular weight is 1080 g/mol. The van der Waals surface area contributed by atoms with Gasteiger partial charge in [-0.2, -0.15) is 0 Å². The van der Waals surface area contributed by atoms with E-state index in [9.17, 15) is 0 Å². The van der Waals surface area contributed by atoms with Crippen molar-refractivity contribution in [2.24, 2.45) is 0 Å². The zero-order valence-electron chi connectivity index (χ0n) is 46.2. The molecule has 0 aliphatic heterocycles. The van der Waals surface area contributed by atoms with Crippen LogP contribution in [0.2, 0.25) is 0 Å². The molecule has 0 N–H and O–H groups in total. The minimum atomic E-state index is -0.273. The van der Waals surface area contributed by atoms with Crippen molar-refractivity contribution in [3.63, 3.8) is 0 Å². The summed E-state index contributed by atoms with van der Waals surface area (Å²) in [6, 6.07) is 54.6. The maximum atomic E-state index is 15.8. The number of hydrogen-bond acceptors (Lipinski definition) is 12. The number of aromatic nitrogens is 4. The standard InChI is InChI=1S/C68H52N8O6/c1-71(2)37-17-25-41(26-18-37)79-53-33-45-57-47(67(77)75-51-15-11-9-13-49(51)69-65(45)75)35-55(81-43-29-21-39(22-30-43)73(5)6)61-62-56(82-44-31-23-40(24-32-44)74(7)8)36-48-58-46(66-70-50-14-10-12-16-52(50)76(66)68(48)78)34-54(60(64(58)62)59(53)63(57)61)80-42-27-19-38(20-28-42)72(3)4/h9-36H,1-8H3. The van der Waals surface area contributed by atoms with E-state index in [1.54, 1.807) is 8.80 Å². The number of fused-ring (bicyclic) bond motifs is 10. The Labute approximate surface area is 468 Å². The van der Waals surface area contributed by atoms with Crippen LogP contribution >= 0.6 is 0 Å². The third-order valence-corrected chi connectivity index (χ3v) is 16.0. The second-order valence-corrected chi connectivity index (χ2v) is 21.8. The maximum absolute atomic E-state index is 15.8. The molecule has 0 atom stereocenters. The third kappa shape index (κ3) is 7.27. The Morgan fingerprint density at radius 1 is 0.317 bits per heavy atom. The first-order valence-corrected chi connectivity index (χ1v) is 27.0. The molecule has 4 aromatic heterocycles. The summed E-state index contributed by atoms with van der Waals surface area (Å²) in [5.74, 6) is 3.83. The number of ether oxygens (including phenoxy) is 4. The molecule has 15 rings (SSSR count). The Morgan fingerprint density at radius 3 is 0.866 bits per heavy atom. The van der Waals surface area contributed by atoms with Crippen molar-refractivity contribution < 1.29 is 18.9 Å². The molecule has 82 heavy (non-hydrogen) atoms. The van der Waals surface area contributed by atoms with Gasteiger partial charge < -0.3 is 38.5 Å². The van der Waals surface area contributed by atoms with Crippen LogP contribution in [0.15, 0.2) is 179 Å². The fourth-order valence-corrected chi connectivity index (χ4v) is 12.0. The third-order valence-electron chi connectivity index (χ3n) is 16.0. The van der Waals surface area contributed by atoms with Crippen LogP contribution in [0.5, 0.6) is 46.0 Å². The highest BCUT2D eigenvalue weighted by molar-refractivity contribution is 6.45. The molecule has 0 bridgehead atoms. The lowest BCUT2D eigenvalue weighted by Crippen LogP contribution is -2.15. The average Bonchev–Trinajstić information content (AvgIpc) is 4.31. The van der Waals surface area contributed by atoms with E-state index in [1.807, 2.05) is 246 Å². The predicted molar refractivity (Wildman–Crippen MR) is 333 cm³/mol. The van der Waals surface area contributed by atoms with Gasteiger partial charge in [0.15, 0.2) is 0 Å². The van der Waals surface area contributed by atoms with Crippen molar-refractivity contribution in [1.29, 1.82) is 0 Å². The number of nitrogens with zero attached hydrogens (tertiary/aromatic N) is 8. The molecular formula is C68H52N8O6. The number of rotatable bonds is 12. The minimum absolute atomic E-state index is 0.273. The summed E-state index contributed by atoms with van der Waals surface area (Å²) in [7, 11) is 16.0. The molecule has 0 saturated carbocycles. The molecule has 0 unspecified atom stereocenters. The van der Waals surface area contributed by atoms with Gasteiger partial charge >= 0.3 is 0 Å². The minimum Gasteiger partial charge on any atom is -0.457 e. The number of imidazole rings is 2. The van der Waals surface area contributed by atoms with Crippen molar-refractivity contribution in [3.8, 4) is 46.0 Å². The van der Waals surface area contributed by atoms with Crippen LogP contribution in [0.1, 0.15) is 0 Å². The second kappa shape index (κ2) is 18.0. The molecule has 0 fully saturated rings. The number of anilines is 4. The van der Waals surface area contributed by atoms with E-state index in [2.05, 4.69) is 0 Å². The highest BCUT2D eigenvalue weighted by Crippen LogP contribution is 2.58. The summed E-state index contributed by atoms with van der Waals surface area (Å²) in [6.45, 7) is 0. The van der Waals surface area contributed by atoms with Crippen LogP contribution in [-0.2, 0) is 0 Å². The Balaban J connectivity index is 1.20. The van der Waals surface area contributed by atoms with Crippen LogP contribution < -0.4 is 49.7 Å². The van der Waals surface area contributed by atoms with E-state index in [1.165, 1.54) is 0 Å². The maximum Gasteiger partial charge on any atom is 0.264 e. The number of pyridine rings is 2. The fraction of sp³-hybridized carbons (Fsp3) is 0.118. The SMILES string of the molecule is CN(C)c1ccc(Oc2cc3c(=O)n4c5ccccc5nc4c4cc(Oc5ccc(N(C)C)cc5)c5c6c(Oc7ccc(N(C)C)cc7)cc7c8c(cc(Oc9ccc(N(C)C)cc9)c(c2c5c34)c68)c(=O)n2c3ccccc3nc72)cc1. The van der Waals surface area contributed by atoms with Crippen LogP contribution in [0, 0.1) is 0 Å². The first-order chi connectivity index (χ1) is 39.8. The topological polar surface area (TPSA) is 119 Å². The lowest BCUT2D eigenvalue weighted by Gasteiger charge is -2.25.